The second-order valence-corrected chi connectivity index (χ2v) is 10.7. The number of aryl methyl sites for hydroxylation is 1. The van der Waals surface area contributed by atoms with Gasteiger partial charge in [-0.1, -0.05) is 65.0 Å². The van der Waals surface area contributed by atoms with Crippen LogP contribution >= 0.6 is 27.7 Å². The van der Waals surface area contributed by atoms with Gasteiger partial charge in [-0.05, 0) is 56.5 Å². The van der Waals surface area contributed by atoms with Gasteiger partial charge in [0.25, 0.3) is 0 Å². The summed E-state index contributed by atoms with van der Waals surface area (Å²) in [6.45, 7) is 4.35. The Morgan fingerprint density at radius 3 is 2.38 bits per heavy atom. The third-order valence-corrected chi connectivity index (χ3v) is 7.53. The fourth-order valence-corrected chi connectivity index (χ4v) is 5.08. The molecule has 0 bridgehead atoms. The van der Waals surface area contributed by atoms with Crippen LogP contribution in [-0.2, 0) is 16.1 Å². The molecule has 0 saturated heterocycles. The molecule has 1 aliphatic carbocycles. The summed E-state index contributed by atoms with van der Waals surface area (Å²) in [5.41, 5.74) is 2.24. The van der Waals surface area contributed by atoms with Gasteiger partial charge in [-0.2, -0.15) is 0 Å². The van der Waals surface area contributed by atoms with Gasteiger partial charge in [-0.25, -0.2) is 0 Å². The Hall–Kier alpha value is -1.79. The quantitative estimate of drug-likeness (QED) is 0.409. The van der Waals surface area contributed by atoms with Crippen LogP contribution < -0.4 is 5.32 Å². The van der Waals surface area contributed by atoms with Crippen molar-refractivity contribution in [1.82, 2.24) is 10.2 Å². The maximum absolute atomic E-state index is 13.2. The normalized spacial score (nSPS) is 15.2. The molecule has 6 heteroatoms. The number of halogens is 1. The average molecular weight is 518 g/mol. The lowest BCUT2D eigenvalue weighted by molar-refractivity contribution is -0.140. The van der Waals surface area contributed by atoms with Crippen LogP contribution in [0.15, 0.2) is 57.9 Å². The molecule has 0 heterocycles. The van der Waals surface area contributed by atoms with Gasteiger partial charge in [0.05, 0.1) is 0 Å². The van der Waals surface area contributed by atoms with Crippen molar-refractivity contribution in [2.45, 2.75) is 75.9 Å². The van der Waals surface area contributed by atoms with Crippen molar-refractivity contribution in [3.8, 4) is 0 Å². The molecule has 1 saturated carbocycles. The van der Waals surface area contributed by atoms with Gasteiger partial charge in [-0.3, -0.25) is 9.59 Å². The Morgan fingerprint density at radius 1 is 1.06 bits per heavy atom. The second kappa shape index (κ2) is 12.4. The Balaban J connectivity index is 1.64. The number of carbonyl (C=O) groups excluding carboxylic acids is 2. The maximum Gasteiger partial charge on any atom is 0.242 e. The lowest BCUT2D eigenvalue weighted by atomic mass is 9.95. The molecular formula is C26H33BrN2O2S. The monoisotopic (exact) mass is 516 g/mol. The van der Waals surface area contributed by atoms with E-state index in [0.29, 0.717) is 18.7 Å². The minimum absolute atomic E-state index is 0.0128. The minimum atomic E-state index is -0.502. The number of hydrogen-bond donors (Lipinski definition) is 1. The number of rotatable bonds is 9. The zero-order valence-electron chi connectivity index (χ0n) is 19.0. The summed E-state index contributed by atoms with van der Waals surface area (Å²) in [6, 6.07) is 16.0. The first kappa shape index (κ1) is 24.8. The van der Waals surface area contributed by atoms with Crippen molar-refractivity contribution in [2.24, 2.45) is 0 Å². The van der Waals surface area contributed by atoms with E-state index in [0.717, 1.165) is 40.6 Å². The molecular weight excluding hydrogens is 484 g/mol. The summed E-state index contributed by atoms with van der Waals surface area (Å²) in [4.78, 5) is 29.1. The number of benzene rings is 2. The number of amides is 2. The van der Waals surface area contributed by atoms with Crippen LogP contribution in [0, 0.1) is 6.92 Å². The maximum atomic E-state index is 13.2. The van der Waals surface area contributed by atoms with E-state index in [1.807, 2.05) is 31.2 Å². The zero-order valence-corrected chi connectivity index (χ0v) is 21.4. The Bertz CT molecular complexity index is 880. The summed E-state index contributed by atoms with van der Waals surface area (Å²) in [5.74, 6) is 0.655. The van der Waals surface area contributed by atoms with Crippen LogP contribution in [0.2, 0.25) is 0 Å². The molecule has 172 valence electrons. The molecule has 0 spiro atoms. The van der Waals surface area contributed by atoms with Gasteiger partial charge >= 0.3 is 0 Å². The van der Waals surface area contributed by atoms with Crippen LogP contribution in [0.4, 0.5) is 0 Å². The standard InChI is InChI=1S/C26H33BrN2O2S/c1-19-8-14-24(15-9-19)32-17-16-25(30)29(18-21-10-12-22(27)13-11-21)20(2)26(31)28-23-6-4-3-5-7-23/h8-15,20,23H,3-7,16-18H2,1-2H3,(H,28,31)/t20-/m1/s1. The summed E-state index contributed by atoms with van der Waals surface area (Å²) >= 11 is 5.14. The fourth-order valence-electron chi connectivity index (χ4n) is 3.97. The lowest BCUT2D eigenvalue weighted by Gasteiger charge is -2.31. The SMILES string of the molecule is Cc1ccc(SCCC(=O)N(Cc2ccc(Br)cc2)[C@H](C)C(=O)NC2CCCCC2)cc1. The average Bonchev–Trinajstić information content (AvgIpc) is 2.80. The highest BCUT2D eigenvalue weighted by atomic mass is 79.9. The largest absolute Gasteiger partial charge is 0.352 e. The molecule has 1 atom stereocenters. The highest BCUT2D eigenvalue weighted by Crippen LogP contribution is 2.22. The minimum Gasteiger partial charge on any atom is -0.352 e. The Morgan fingerprint density at radius 2 is 1.72 bits per heavy atom. The molecule has 1 aliphatic rings. The van der Waals surface area contributed by atoms with Crippen LogP contribution in [0.1, 0.15) is 56.6 Å². The van der Waals surface area contributed by atoms with E-state index in [1.165, 1.54) is 12.0 Å². The highest BCUT2D eigenvalue weighted by Gasteiger charge is 2.27. The van der Waals surface area contributed by atoms with Crippen molar-refractivity contribution in [2.75, 3.05) is 5.75 Å². The fraction of sp³-hybridized carbons (Fsp3) is 0.462. The van der Waals surface area contributed by atoms with Crippen LogP contribution in [0.5, 0.6) is 0 Å². The Kier molecular flexibility index (Phi) is 9.67. The molecule has 4 nitrogen and oxygen atoms in total. The van der Waals surface area contributed by atoms with E-state index in [4.69, 9.17) is 0 Å². The van der Waals surface area contributed by atoms with E-state index in [9.17, 15) is 9.59 Å². The molecule has 0 aromatic heterocycles. The van der Waals surface area contributed by atoms with Crippen molar-refractivity contribution in [3.05, 3.63) is 64.1 Å². The first-order valence-electron chi connectivity index (χ1n) is 11.5. The predicted octanol–water partition coefficient (Wildman–Crippen LogP) is 6.11. The topological polar surface area (TPSA) is 49.4 Å². The molecule has 0 aliphatic heterocycles. The number of thioether (sulfide) groups is 1. The van der Waals surface area contributed by atoms with E-state index in [1.54, 1.807) is 16.7 Å². The third kappa shape index (κ3) is 7.66. The first-order chi connectivity index (χ1) is 15.4. The Labute approximate surface area is 204 Å². The molecule has 32 heavy (non-hydrogen) atoms. The molecule has 2 aromatic carbocycles. The highest BCUT2D eigenvalue weighted by molar-refractivity contribution is 9.10. The van der Waals surface area contributed by atoms with Crippen molar-refractivity contribution < 1.29 is 9.59 Å². The van der Waals surface area contributed by atoms with Gasteiger partial charge in [0.15, 0.2) is 0 Å². The number of hydrogen-bond acceptors (Lipinski definition) is 3. The first-order valence-corrected chi connectivity index (χ1v) is 13.2. The van der Waals surface area contributed by atoms with E-state index in [2.05, 4.69) is 52.4 Å². The number of nitrogens with one attached hydrogen (secondary N) is 1. The summed E-state index contributed by atoms with van der Waals surface area (Å²) in [7, 11) is 0. The van der Waals surface area contributed by atoms with E-state index in [-0.39, 0.29) is 17.9 Å². The van der Waals surface area contributed by atoms with Crippen LogP contribution in [-0.4, -0.2) is 34.6 Å². The summed E-state index contributed by atoms with van der Waals surface area (Å²) < 4.78 is 0.997. The third-order valence-electron chi connectivity index (χ3n) is 5.99. The molecule has 2 aromatic rings. The number of carbonyl (C=O) groups is 2. The number of nitrogens with zero attached hydrogens (tertiary/aromatic N) is 1. The summed E-state index contributed by atoms with van der Waals surface area (Å²) in [6.07, 6.45) is 6.04. The van der Waals surface area contributed by atoms with Crippen molar-refractivity contribution in [3.63, 3.8) is 0 Å². The lowest BCUT2D eigenvalue weighted by Crippen LogP contribution is -2.50. The van der Waals surface area contributed by atoms with Crippen molar-refractivity contribution in [1.29, 1.82) is 0 Å². The van der Waals surface area contributed by atoms with E-state index < -0.39 is 6.04 Å². The smallest absolute Gasteiger partial charge is 0.242 e. The molecule has 3 rings (SSSR count). The molecule has 2 amide bonds. The van der Waals surface area contributed by atoms with Gasteiger partial charge in [-0.15, -0.1) is 11.8 Å². The van der Waals surface area contributed by atoms with Gasteiger partial charge in [0.1, 0.15) is 6.04 Å². The predicted molar refractivity (Wildman–Crippen MR) is 136 cm³/mol. The van der Waals surface area contributed by atoms with E-state index >= 15 is 0 Å². The molecule has 0 unspecified atom stereocenters. The van der Waals surface area contributed by atoms with Crippen LogP contribution in [0.3, 0.4) is 0 Å². The van der Waals surface area contributed by atoms with Crippen LogP contribution in [0.25, 0.3) is 0 Å². The van der Waals surface area contributed by atoms with Gasteiger partial charge < -0.3 is 10.2 Å². The van der Waals surface area contributed by atoms with Crippen molar-refractivity contribution >= 4 is 39.5 Å². The molecule has 1 fully saturated rings. The van der Waals surface area contributed by atoms with Gasteiger partial charge in [0, 0.05) is 34.1 Å². The van der Waals surface area contributed by atoms with Gasteiger partial charge in [0.2, 0.25) is 11.8 Å². The molecule has 1 N–H and O–H groups in total. The second-order valence-electron chi connectivity index (χ2n) is 8.58. The zero-order chi connectivity index (χ0) is 22.9. The molecule has 0 radical (unpaired) electrons. The summed E-state index contributed by atoms with van der Waals surface area (Å²) in [5, 5.41) is 3.19.